The molecule has 0 aliphatic rings. The summed E-state index contributed by atoms with van der Waals surface area (Å²) in [4.78, 5) is 27.0. The molecule has 0 amide bonds. The van der Waals surface area contributed by atoms with E-state index in [0.717, 1.165) is 82.9 Å². The Hall–Kier alpha value is -4.12. The molecule has 0 bridgehead atoms. The van der Waals surface area contributed by atoms with Crippen LogP contribution in [-0.2, 0) is 14.3 Å². The number of carbonyl (C=O) groups is 2. The van der Waals surface area contributed by atoms with Crippen molar-refractivity contribution in [3.63, 3.8) is 0 Å². The number of methoxy groups -OCH3 is 6. The summed E-state index contributed by atoms with van der Waals surface area (Å²) in [6.07, 6.45) is 13.7. The molecule has 0 heterocycles. The van der Waals surface area contributed by atoms with Crippen LogP contribution in [-0.4, -0.2) is 92.8 Å². The third-order valence-electron chi connectivity index (χ3n) is 7.85. The van der Waals surface area contributed by atoms with Crippen molar-refractivity contribution < 1.29 is 47.5 Å². The molecule has 0 spiro atoms. The van der Waals surface area contributed by atoms with Crippen molar-refractivity contribution in [2.75, 3.05) is 76.0 Å². The highest BCUT2D eigenvalue weighted by Gasteiger charge is 2.18. The number of hydrogen-bond donors (Lipinski definition) is 0. The first-order valence-corrected chi connectivity index (χ1v) is 16.6. The summed E-state index contributed by atoms with van der Waals surface area (Å²) >= 11 is 0. The molecule has 268 valence electrons. The standard InChI is InChI=1S/C37H55NO10/c1-38(21-15-11-9-13-17-23-48-37(40)29-26-32(43-4)36(46-7)33(27-29)44-5)20-14-10-8-12-16-22-47-34(39)19-18-28-24-30(41-2)35(45-6)31(25-28)42-3/h18-19,24-27H,8-17,20-23H2,1-7H3/b19-18+. The SMILES string of the molecule is COc1cc(/C=C/C(=O)OCCCCCCCN(C)CCCCCCCOC(=O)c2cc(OC)c(OC)c(OC)c2)cc(OC)c1OC. The van der Waals surface area contributed by atoms with E-state index in [9.17, 15) is 9.59 Å². The summed E-state index contributed by atoms with van der Waals surface area (Å²) in [7, 11) is 11.4. The van der Waals surface area contributed by atoms with Crippen LogP contribution in [0.1, 0.15) is 80.1 Å². The van der Waals surface area contributed by atoms with Crippen LogP contribution in [0.5, 0.6) is 34.5 Å². The fraction of sp³-hybridized carbons (Fsp3) is 0.568. The van der Waals surface area contributed by atoms with Crippen LogP contribution >= 0.6 is 0 Å². The highest BCUT2D eigenvalue weighted by molar-refractivity contribution is 5.91. The van der Waals surface area contributed by atoms with E-state index in [2.05, 4.69) is 11.9 Å². The Labute approximate surface area is 286 Å². The molecule has 0 N–H and O–H groups in total. The predicted octanol–water partition coefficient (Wildman–Crippen LogP) is 6.98. The first-order chi connectivity index (χ1) is 23.3. The fourth-order valence-electron chi connectivity index (χ4n) is 5.17. The first-order valence-electron chi connectivity index (χ1n) is 16.6. The molecule has 11 nitrogen and oxygen atoms in total. The summed E-state index contributed by atoms with van der Waals surface area (Å²) in [5, 5.41) is 0. The van der Waals surface area contributed by atoms with Crippen molar-refractivity contribution >= 4 is 18.0 Å². The van der Waals surface area contributed by atoms with Crippen molar-refractivity contribution in [1.82, 2.24) is 4.90 Å². The number of hydrogen-bond acceptors (Lipinski definition) is 11. The van der Waals surface area contributed by atoms with Crippen molar-refractivity contribution in [1.29, 1.82) is 0 Å². The number of esters is 2. The minimum absolute atomic E-state index is 0.368. The molecule has 0 fully saturated rings. The van der Waals surface area contributed by atoms with Gasteiger partial charge in [-0.15, -0.1) is 0 Å². The Bertz CT molecular complexity index is 1230. The average Bonchev–Trinajstić information content (AvgIpc) is 3.11. The van der Waals surface area contributed by atoms with Gasteiger partial charge in [0.05, 0.1) is 61.4 Å². The van der Waals surface area contributed by atoms with Crippen LogP contribution in [0.25, 0.3) is 6.08 Å². The lowest BCUT2D eigenvalue weighted by Crippen LogP contribution is -2.20. The maximum Gasteiger partial charge on any atom is 0.338 e. The topological polar surface area (TPSA) is 111 Å². The number of nitrogens with zero attached hydrogens (tertiary/aromatic N) is 1. The normalized spacial score (nSPS) is 11.0. The van der Waals surface area contributed by atoms with Gasteiger partial charge in [0.1, 0.15) is 0 Å². The molecule has 0 aliphatic carbocycles. The number of rotatable bonds is 25. The highest BCUT2D eigenvalue weighted by atomic mass is 16.5. The molecule has 2 rings (SSSR count). The molecule has 0 radical (unpaired) electrons. The third kappa shape index (κ3) is 13.9. The van der Waals surface area contributed by atoms with E-state index in [1.165, 1.54) is 27.4 Å². The Morgan fingerprint density at radius 1 is 0.562 bits per heavy atom. The van der Waals surface area contributed by atoms with Crippen LogP contribution in [0.15, 0.2) is 30.3 Å². The molecule has 0 saturated carbocycles. The van der Waals surface area contributed by atoms with Gasteiger partial charge in [0, 0.05) is 6.08 Å². The molecule has 48 heavy (non-hydrogen) atoms. The lowest BCUT2D eigenvalue weighted by Gasteiger charge is -2.16. The second-order valence-electron chi connectivity index (χ2n) is 11.3. The number of carbonyl (C=O) groups excluding carboxylic acids is 2. The number of benzene rings is 2. The lowest BCUT2D eigenvalue weighted by atomic mass is 10.1. The monoisotopic (exact) mass is 673 g/mol. The largest absolute Gasteiger partial charge is 0.493 e. The van der Waals surface area contributed by atoms with Gasteiger partial charge in [0.15, 0.2) is 23.0 Å². The van der Waals surface area contributed by atoms with Gasteiger partial charge < -0.3 is 42.8 Å². The Kier molecular flexibility index (Phi) is 19.4. The lowest BCUT2D eigenvalue weighted by molar-refractivity contribution is -0.137. The van der Waals surface area contributed by atoms with Gasteiger partial charge in [-0.3, -0.25) is 0 Å². The summed E-state index contributed by atoms with van der Waals surface area (Å²) < 4.78 is 42.7. The molecule has 0 aliphatic heterocycles. The second kappa shape index (κ2) is 23.2. The molecular weight excluding hydrogens is 618 g/mol. The third-order valence-corrected chi connectivity index (χ3v) is 7.85. The zero-order chi connectivity index (χ0) is 35.1. The Morgan fingerprint density at radius 2 is 0.979 bits per heavy atom. The molecular formula is C37H55NO10. The van der Waals surface area contributed by atoms with Crippen LogP contribution in [0, 0.1) is 0 Å². The summed E-state index contributed by atoms with van der Waals surface area (Å²) in [6.45, 7) is 2.95. The van der Waals surface area contributed by atoms with Crippen LogP contribution < -0.4 is 28.4 Å². The van der Waals surface area contributed by atoms with E-state index in [4.69, 9.17) is 37.9 Å². The van der Waals surface area contributed by atoms with Crippen LogP contribution in [0.2, 0.25) is 0 Å². The Balaban J connectivity index is 1.47. The fourth-order valence-corrected chi connectivity index (χ4v) is 5.17. The van der Waals surface area contributed by atoms with Crippen LogP contribution in [0.3, 0.4) is 0 Å². The molecule has 2 aromatic rings. The smallest absolute Gasteiger partial charge is 0.338 e. The first kappa shape index (κ1) is 40.1. The van der Waals surface area contributed by atoms with Gasteiger partial charge in [-0.05, 0) is 81.7 Å². The van der Waals surface area contributed by atoms with E-state index in [1.807, 2.05) is 0 Å². The molecule has 0 saturated heterocycles. The summed E-state index contributed by atoms with van der Waals surface area (Å²) in [6, 6.07) is 6.74. The molecule has 0 unspecified atom stereocenters. The summed E-state index contributed by atoms with van der Waals surface area (Å²) in [5.41, 5.74) is 1.12. The van der Waals surface area contributed by atoms with Gasteiger partial charge in [-0.2, -0.15) is 0 Å². The van der Waals surface area contributed by atoms with E-state index < -0.39 is 5.97 Å². The second-order valence-corrected chi connectivity index (χ2v) is 11.3. The quantitative estimate of drug-likeness (QED) is 0.0618. The predicted molar refractivity (Wildman–Crippen MR) is 186 cm³/mol. The minimum Gasteiger partial charge on any atom is -0.493 e. The van der Waals surface area contributed by atoms with E-state index in [1.54, 1.807) is 51.7 Å². The van der Waals surface area contributed by atoms with E-state index >= 15 is 0 Å². The van der Waals surface area contributed by atoms with Gasteiger partial charge in [-0.25, -0.2) is 9.59 Å². The molecule has 11 heteroatoms. The molecule has 2 aromatic carbocycles. The van der Waals surface area contributed by atoms with Crippen molar-refractivity contribution in [2.45, 2.75) is 64.2 Å². The van der Waals surface area contributed by atoms with Gasteiger partial charge in [0.25, 0.3) is 0 Å². The van der Waals surface area contributed by atoms with E-state index in [-0.39, 0.29) is 5.97 Å². The van der Waals surface area contributed by atoms with E-state index in [0.29, 0.717) is 53.3 Å². The number of ether oxygens (including phenoxy) is 8. The average molecular weight is 674 g/mol. The Morgan fingerprint density at radius 3 is 1.44 bits per heavy atom. The maximum absolute atomic E-state index is 12.5. The minimum atomic E-state index is -0.405. The molecule has 0 atom stereocenters. The highest BCUT2D eigenvalue weighted by Crippen LogP contribution is 2.39. The zero-order valence-corrected chi connectivity index (χ0v) is 29.9. The van der Waals surface area contributed by atoms with Crippen molar-refractivity contribution in [3.8, 4) is 34.5 Å². The number of unbranched alkanes of at least 4 members (excludes halogenated alkanes) is 8. The maximum atomic E-state index is 12.5. The van der Waals surface area contributed by atoms with Gasteiger partial charge in [-0.1, -0.05) is 38.5 Å². The van der Waals surface area contributed by atoms with Crippen LogP contribution in [0.4, 0.5) is 0 Å². The molecule has 0 aromatic heterocycles. The van der Waals surface area contributed by atoms with Crippen molar-refractivity contribution in [2.24, 2.45) is 0 Å². The summed E-state index contributed by atoms with van der Waals surface area (Å²) in [5.74, 6) is 2.06. The zero-order valence-electron chi connectivity index (χ0n) is 29.9. The van der Waals surface area contributed by atoms with Gasteiger partial charge in [0.2, 0.25) is 11.5 Å². The van der Waals surface area contributed by atoms with Gasteiger partial charge >= 0.3 is 11.9 Å². The van der Waals surface area contributed by atoms with Crippen molar-refractivity contribution in [3.05, 3.63) is 41.5 Å².